The van der Waals surface area contributed by atoms with Crippen LogP contribution >= 0.6 is 0 Å². The number of hydrogen-bond donors (Lipinski definition) is 1. The Kier molecular flexibility index (Phi) is 4.72. The number of nitrogens with zero attached hydrogens (tertiary/aromatic N) is 2. The molecule has 0 spiro atoms. The van der Waals surface area contributed by atoms with Gasteiger partial charge in [0.1, 0.15) is 11.4 Å². The molecule has 1 aromatic heterocycles. The Bertz CT molecular complexity index is 898. The van der Waals surface area contributed by atoms with Gasteiger partial charge in [-0.15, -0.1) is 0 Å². The van der Waals surface area contributed by atoms with E-state index in [1.807, 2.05) is 13.8 Å². The van der Waals surface area contributed by atoms with Gasteiger partial charge in [-0.05, 0) is 38.1 Å². The Morgan fingerprint density at radius 2 is 1.92 bits per heavy atom. The number of rotatable bonds is 5. The highest BCUT2D eigenvalue weighted by atomic mass is 32.2. The molecule has 2 N–H and O–H groups in total. The molecule has 1 amide bonds. The third kappa shape index (κ3) is 3.35. The number of aromatic nitrogens is 1. The van der Waals surface area contributed by atoms with Crippen LogP contribution < -0.4 is 10.5 Å². The summed E-state index contributed by atoms with van der Waals surface area (Å²) >= 11 is 0. The SMILES string of the molecule is CC(C)Oc1ccc2c(c1)cc(C(N)=O)n2S(=O)(=O)N1CCOCC1. The molecule has 2 heterocycles. The molecule has 1 fully saturated rings. The van der Waals surface area contributed by atoms with E-state index in [0.717, 1.165) is 3.97 Å². The molecule has 0 bridgehead atoms. The van der Waals surface area contributed by atoms with Crippen LogP contribution in [0.25, 0.3) is 10.9 Å². The van der Waals surface area contributed by atoms with Gasteiger partial charge in [0, 0.05) is 18.5 Å². The summed E-state index contributed by atoms with van der Waals surface area (Å²) in [6.07, 6.45) is -0.0211. The lowest BCUT2D eigenvalue weighted by Gasteiger charge is -2.27. The van der Waals surface area contributed by atoms with Gasteiger partial charge in [-0.1, -0.05) is 0 Å². The number of primary amides is 1. The summed E-state index contributed by atoms with van der Waals surface area (Å²) < 4.78 is 39.2. The maximum absolute atomic E-state index is 13.0. The van der Waals surface area contributed by atoms with E-state index in [4.69, 9.17) is 15.2 Å². The summed E-state index contributed by atoms with van der Waals surface area (Å²) in [6, 6.07) is 6.48. The summed E-state index contributed by atoms with van der Waals surface area (Å²) in [5.41, 5.74) is 5.73. The number of fused-ring (bicyclic) bond motifs is 1. The molecule has 2 aromatic rings. The second-order valence-corrected chi connectivity index (χ2v) is 7.84. The van der Waals surface area contributed by atoms with Gasteiger partial charge in [0.25, 0.3) is 5.91 Å². The number of benzene rings is 1. The van der Waals surface area contributed by atoms with E-state index in [9.17, 15) is 13.2 Å². The smallest absolute Gasteiger partial charge is 0.308 e. The van der Waals surface area contributed by atoms with Crippen LogP contribution in [0, 0.1) is 0 Å². The number of hydrogen-bond acceptors (Lipinski definition) is 5. The lowest BCUT2D eigenvalue weighted by molar-refractivity contribution is 0.0725. The first-order valence-corrected chi connectivity index (χ1v) is 9.41. The molecular weight excluding hydrogens is 346 g/mol. The van der Waals surface area contributed by atoms with E-state index in [-0.39, 0.29) is 24.9 Å². The summed E-state index contributed by atoms with van der Waals surface area (Å²) in [6.45, 7) is 4.89. The average molecular weight is 367 g/mol. The topological polar surface area (TPSA) is 104 Å². The summed E-state index contributed by atoms with van der Waals surface area (Å²) in [5, 5.41) is 0.573. The molecule has 136 valence electrons. The van der Waals surface area contributed by atoms with Gasteiger partial charge in [0.2, 0.25) is 0 Å². The van der Waals surface area contributed by atoms with Crippen LogP contribution in [-0.2, 0) is 14.9 Å². The Balaban J connectivity index is 2.15. The molecule has 1 aromatic carbocycles. The van der Waals surface area contributed by atoms with Gasteiger partial charge in [-0.3, -0.25) is 4.79 Å². The standard InChI is InChI=1S/C16H21N3O5S/c1-11(2)24-13-3-4-14-12(9-13)10-15(16(17)20)19(14)25(21,22)18-5-7-23-8-6-18/h3-4,9-11H,5-8H2,1-2H3,(H2,17,20). The lowest BCUT2D eigenvalue weighted by atomic mass is 10.2. The fourth-order valence-electron chi connectivity index (χ4n) is 2.83. The van der Waals surface area contributed by atoms with Gasteiger partial charge in [0.05, 0.1) is 24.8 Å². The summed E-state index contributed by atoms with van der Waals surface area (Å²) in [7, 11) is -3.93. The number of carbonyl (C=O) groups is 1. The van der Waals surface area contributed by atoms with Crippen LogP contribution in [-0.4, -0.2) is 55.0 Å². The molecule has 0 radical (unpaired) electrons. The molecule has 1 aliphatic heterocycles. The molecule has 0 unspecified atom stereocenters. The second kappa shape index (κ2) is 6.66. The maximum Gasteiger partial charge on any atom is 0.308 e. The van der Waals surface area contributed by atoms with Crippen LogP contribution in [0.5, 0.6) is 5.75 Å². The maximum atomic E-state index is 13.0. The minimum atomic E-state index is -3.93. The Labute approximate surface area is 146 Å². The van der Waals surface area contributed by atoms with Crippen molar-refractivity contribution in [2.24, 2.45) is 5.73 Å². The van der Waals surface area contributed by atoms with Crippen LogP contribution in [0.3, 0.4) is 0 Å². The predicted molar refractivity (Wildman–Crippen MR) is 92.9 cm³/mol. The van der Waals surface area contributed by atoms with Crippen molar-refractivity contribution in [2.45, 2.75) is 20.0 Å². The Hall–Kier alpha value is -2.10. The van der Waals surface area contributed by atoms with E-state index in [1.54, 1.807) is 18.2 Å². The largest absolute Gasteiger partial charge is 0.491 e. The average Bonchev–Trinajstić information content (AvgIpc) is 2.95. The zero-order valence-corrected chi connectivity index (χ0v) is 15.0. The van der Waals surface area contributed by atoms with Crippen molar-refractivity contribution in [3.63, 3.8) is 0 Å². The van der Waals surface area contributed by atoms with Crippen molar-refractivity contribution in [1.82, 2.24) is 8.28 Å². The number of carbonyl (C=O) groups excluding carboxylic acids is 1. The minimum Gasteiger partial charge on any atom is -0.491 e. The minimum absolute atomic E-state index is 0.0211. The molecular formula is C16H21N3O5S. The predicted octanol–water partition coefficient (Wildman–Crippen LogP) is 0.953. The van der Waals surface area contributed by atoms with Crippen molar-refractivity contribution in [2.75, 3.05) is 26.3 Å². The lowest BCUT2D eigenvalue weighted by Crippen LogP contribution is -2.44. The molecule has 0 aliphatic carbocycles. The zero-order valence-electron chi connectivity index (χ0n) is 14.1. The first kappa shape index (κ1) is 17.7. The molecule has 8 nitrogen and oxygen atoms in total. The van der Waals surface area contributed by atoms with Crippen molar-refractivity contribution in [3.05, 3.63) is 30.0 Å². The van der Waals surface area contributed by atoms with Crippen LogP contribution in [0.15, 0.2) is 24.3 Å². The number of ether oxygens (including phenoxy) is 2. The van der Waals surface area contributed by atoms with Crippen LogP contribution in [0.2, 0.25) is 0 Å². The number of nitrogens with two attached hydrogens (primary N) is 1. The van der Waals surface area contributed by atoms with Crippen LogP contribution in [0.4, 0.5) is 0 Å². The molecule has 1 aliphatic rings. The molecule has 3 rings (SSSR count). The number of amides is 1. The zero-order chi connectivity index (χ0) is 18.2. The highest BCUT2D eigenvalue weighted by Gasteiger charge is 2.31. The Morgan fingerprint density at radius 1 is 1.24 bits per heavy atom. The molecule has 1 saturated heterocycles. The van der Waals surface area contributed by atoms with Crippen molar-refractivity contribution in [1.29, 1.82) is 0 Å². The first-order chi connectivity index (χ1) is 11.8. The number of morpholine rings is 1. The summed E-state index contributed by atoms with van der Waals surface area (Å²) in [5.74, 6) is -0.209. The van der Waals surface area contributed by atoms with E-state index in [0.29, 0.717) is 29.9 Å². The Morgan fingerprint density at radius 3 is 2.52 bits per heavy atom. The monoisotopic (exact) mass is 367 g/mol. The van der Waals surface area contributed by atoms with E-state index in [1.165, 1.54) is 10.4 Å². The highest BCUT2D eigenvalue weighted by Crippen LogP contribution is 2.28. The normalized spacial score (nSPS) is 16.4. The van der Waals surface area contributed by atoms with E-state index < -0.39 is 16.1 Å². The quantitative estimate of drug-likeness (QED) is 0.847. The fourth-order valence-corrected chi connectivity index (χ4v) is 4.47. The third-order valence-electron chi connectivity index (χ3n) is 3.88. The third-order valence-corrected chi connectivity index (χ3v) is 5.75. The first-order valence-electron chi connectivity index (χ1n) is 8.01. The highest BCUT2D eigenvalue weighted by molar-refractivity contribution is 7.87. The van der Waals surface area contributed by atoms with E-state index in [2.05, 4.69) is 0 Å². The molecule has 0 atom stereocenters. The second-order valence-electron chi connectivity index (χ2n) is 6.06. The van der Waals surface area contributed by atoms with E-state index >= 15 is 0 Å². The van der Waals surface area contributed by atoms with Crippen molar-refractivity contribution in [3.8, 4) is 5.75 Å². The molecule has 9 heteroatoms. The van der Waals surface area contributed by atoms with Gasteiger partial charge < -0.3 is 15.2 Å². The van der Waals surface area contributed by atoms with Gasteiger partial charge in [-0.2, -0.15) is 12.7 Å². The summed E-state index contributed by atoms with van der Waals surface area (Å²) in [4.78, 5) is 11.8. The molecule has 25 heavy (non-hydrogen) atoms. The van der Waals surface area contributed by atoms with Gasteiger partial charge >= 0.3 is 10.2 Å². The van der Waals surface area contributed by atoms with Gasteiger partial charge in [-0.25, -0.2) is 3.97 Å². The van der Waals surface area contributed by atoms with Gasteiger partial charge in [0.15, 0.2) is 0 Å². The van der Waals surface area contributed by atoms with Crippen molar-refractivity contribution >= 4 is 27.0 Å². The fraction of sp³-hybridized carbons (Fsp3) is 0.438. The molecule has 0 saturated carbocycles. The van der Waals surface area contributed by atoms with Crippen molar-refractivity contribution < 1.29 is 22.7 Å². The van der Waals surface area contributed by atoms with Crippen LogP contribution in [0.1, 0.15) is 24.3 Å².